The second kappa shape index (κ2) is 6.73. The van der Waals surface area contributed by atoms with E-state index >= 15 is 0 Å². The maximum Gasteiger partial charge on any atom is 0.123 e. The van der Waals surface area contributed by atoms with Crippen molar-refractivity contribution in [1.29, 1.82) is 0 Å². The van der Waals surface area contributed by atoms with Crippen LogP contribution < -0.4 is 5.73 Å². The lowest BCUT2D eigenvalue weighted by molar-refractivity contribution is 0.0284. The van der Waals surface area contributed by atoms with Gasteiger partial charge in [-0.1, -0.05) is 22.4 Å². The van der Waals surface area contributed by atoms with E-state index in [9.17, 15) is 4.39 Å². The molecule has 0 amide bonds. The Kier molecular flexibility index (Phi) is 4.94. The Morgan fingerprint density at radius 3 is 2.95 bits per heavy atom. The molecular weight excluding hydrogens is 333 g/mol. The van der Waals surface area contributed by atoms with Gasteiger partial charge >= 0.3 is 0 Å². The van der Waals surface area contributed by atoms with Gasteiger partial charge < -0.3 is 5.73 Å². The first-order chi connectivity index (χ1) is 10.2. The fourth-order valence-electron chi connectivity index (χ4n) is 3.71. The number of halogens is 2. The van der Waals surface area contributed by atoms with Crippen LogP contribution in [0.25, 0.3) is 0 Å². The Bertz CT molecular complexity index is 496. The van der Waals surface area contributed by atoms with Gasteiger partial charge in [0.2, 0.25) is 0 Å². The van der Waals surface area contributed by atoms with Crippen LogP contribution in [0.4, 0.5) is 4.39 Å². The van der Waals surface area contributed by atoms with Gasteiger partial charge in [0.15, 0.2) is 0 Å². The summed E-state index contributed by atoms with van der Waals surface area (Å²) in [5.41, 5.74) is 7.00. The molecule has 1 aromatic rings. The van der Waals surface area contributed by atoms with Crippen molar-refractivity contribution in [2.75, 3.05) is 32.7 Å². The van der Waals surface area contributed by atoms with Gasteiger partial charge in [-0.15, -0.1) is 0 Å². The predicted octanol–water partition coefficient (Wildman–Crippen LogP) is 2.76. The monoisotopic (exact) mass is 355 g/mol. The molecule has 1 aromatic carbocycles. The summed E-state index contributed by atoms with van der Waals surface area (Å²) < 4.78 is 14.5. The van der Waals surface area contributed by atoms with Crippen LogP contribution in [0.3, 0.4) is 0 Å². The fraction of sp³-hybridized carbons (Fsp3) is 0.625. The van der Waals surface area contributed by atoms with Crippen LogP contribution in [0.5, 0.6) is 0 Å². The molecule has 3 nitrogen and oxygen atoms in total. The first kappa shape index (κ1) is 15.4. The zero-order chi connectivity index (χ0) is 14.8. The lowest BCUT2D eigenvalue weighted by Gasteiger charge is -2.46. The third-order valence-corrected chi connectivity index (χ3v) is 5.57. The van der Waals surface area contributed by atoms with Crippen molar-refractivity contribution in [3.8, 4) is 0 Å². The van der Waals surface area contributed by atoms with Gasteiger partial charge in [0.25, 0.3) is 0 Å². The van der Waals surface area contributed by atoms with Crippen LogP contribution in [0.1, 0.15) is 30.9 Å². The van der Waals surface area contributed by atoms with Gasteiger partial charge in [-0.05, 0) is 43.1 Å². The quantitative estimate of drug-likeness (QED) is 0.904. The Morgan fingerprint density at radius 1 is 1.29 bits per heavy atom. The predicted molar refractivity (Wildman–Crippen MR) is 86.7 cm³/mol. The van der Waals surface area contributed by atoms with Crippen molar-refractivity contribution in [3.05, 3.63) is 34.1 Å². The second-order valence-corrected chi connectivity index (χ2v) is 6.95. The van der Waals surface area contributed by atoms with Crippen LogP contribution in [0, 0.1) is 5.82 Å². The van der Waals surface area contributed by atoms with E-state index in [1.54, 1.807) is 12.1 Å². The number of fused-ring (bicyclic) bond motifs is 1. The van der Waals surface area contributed by atoms with Crippen LogP contribution in [-0.2, 0) is 0 Å². The van der Waals surface area contributed by atoms with Crippen molar-refractivity contribution in [3.63, 3.8) is 0 Å². The molecule has 2 aliphatic rings. The number of nitrogens with zero attached hydrogens (tertiary/aromatic N) is 2. The smallest absolute Gasteiger partial charge is 0.123 e. The highest BCUT2D eigenvalue weighted by atomic mass is 79.9. The van der Waals surface area contributed by atoms with Crippen molar-refractivity contribution in [2.45, 2.75) is 31.3 Å². The van der Waals surface area contributed by atoms with Crippen LogP contribution in [-0.4, -0.2) is 48.6 Å². The van der Waals surface area contributed by atoms with Crippen molar-refractivity contribution >= 4 is 15.9 Å². The molecule has 0 aromatic heterocycles. The van der Waals surface area contributed by atoms with E-state index in [1.165, 1.54) is 31.9 Å². The molecule has 0 radical (unpaired) electrons. The summed E-state index contributed by atoms with van der Waals surface area (Å²) in [6.07, 6.45) is 3.93. The summed E-state index contributed by atoms with van der Waals surface area (Å²) in [7, 11) is 0. The average molecular weight is 356 g/mol. The highest BCUT2D eigenvalue weighted by molar-refractivity contribution is 9.10. The summed E-state index contributed by atoms with van der Waals surface area (Å²) in [5.74, 6) is -0.192. The zero-order valence-corrected chi connectivity index (χ0v) is 13.9. The van der Waals surface area contributed by atoms with Gasteiger partial charge in [0.05, 0.1) is 0 Å². The molecule has 0 saturated carbocycles. The summed E-state index contributed by atoms with van der Waals surface area (Å²) in [6.45, 7) is 4.92. The number of piperazine rings is 1. The Balaban J connectivity index is 1.78. The normalized spacial score (nSPS) is 25.6. The van der Waals surface area contributed by atoms with E-state index in [2.05, 4.69) is 25.7 Å². The molecule has 0 bridgehead atoms. The van der Waals surface area contributed by atoms with Crippen molar-refractivity contribution < 1.29 is 4.39 Å². The van der Waals surface area contributed by atoms with Gasteiger partial charge in [-0.2, -0.15) is 0 Å². The lowest BCUT2D eigenvalue weighted by atomic mass is 9.97. The third-order valence-electron chi connectivity index (χ3n) is 4.85. The minimum Gasteiger partial charge on any atom is -0.329 e. The number of benzene rings is 1. The topological polar surface area (TPSA) is 32.5 Å². The van der Waals surface area contributed by atoms with Gasteiger partial charge in [-0.25, -0.2) is 4.39 Å². The first-order valence-corrected chi connectivity index (χ1v) is 8.61. The minimum absolute atomic E-state index is 0.0964. The van der Waals surface area contributed by atoms with E-state index < -0.39 is 0 Å². The van der Waals surface area contributed by atoms with Gasteiger partial charge in [0, 0.05) is 42.7 Å². The van der Waals surface area contributed by atoms with E-state index in [-0.39, 0.29) is 11.9 Å². The number of rotatable bonds is 3. The molecule has 2 saturated heterocycles. The molecule has 2 fully saturated rings. The fourth-order valence-corrected chi connectivity index (χ4v) is 4.22. The molecule has 2 atom stereocenters. The van der Waals surface area contributed by atoms with Crippen molar-refractivity contribution in [2.24, 2.45) is 5.73 Å². The van der Waals surface area contributed by atoms with Crippen LogP contribution in [0.15, 0.2) is 22.7 Å². The molecule has 0 spiro atoms. The molecule has 5 heteroatoms. The second-order valence-electron chi connectivity index (χ2n) is 6.10. The molecule has 21 heavy (non-hydrogen) atoms. The average Bonchev–Trinajstić information content (AvgIpc) is 2.51. The number of piperidine rings is 1. The molecule has 2 aliphatic heterocycles. The van der Waals surface area contributed by atoms with E-state index in [1.807, 2.05) is 0 Å². The summed E-state index contributed by atoms with van der Waals surface area (Å²) >= 11 is 3.55. The molecular formula is C16H23BrFN3. The Labute approximate surface area is 134 Å². The van der Waals surface area contributed by atoms with Gasteiger partial charge in [0.1, 0.15) is 5.82 Å². The SMILES string of the molecule is NCC(c1cc(F)ccc1Br)N1CCN2CCCCC2C1. The minimum atomic E-state index is -0.192. The summed E-state index contributed by atoms with van der Waals surface area (Å²) in [5, 5.41) is 0. The maximum absolute atomic E-state index is 13.6. The van der Waals surface area contributed by atoms with Gasteiger partial charge in [-0.3, -0.25) is 9.80 Å². The standard InChI is InChI=1S/C16H23BrFN3/c17-15-5-4-12(18)9-14(15)16(10-19)21-8-7-20-6-2-1-3-13(20)11-21/h4-5,9,13,16H,1-3,6-8,10-11,19H2. The highest BCUT2D eigenvalue weighted by Gasteiger charge is 2.32. The van der Waals surface area contributed by atoms with E-state index in [0.717, 1.165) is 29.7 Å². The number of nitrogens with two attached hydrogens (primary N) is 1. The van der Waals surface area contributed by atoms with Crippen LogP contribution in [0.2, 0.25) is 0 Å². The van der Waals surface area contributed by atoms with E-state index in [4.69, 9.17) is 5.73 Å². The van der Waals surface area contributed by atoms with Crippen LogP contribution >= 0.6 is 15.9 Å². The molecule has 3 rings (SSSR count). The lowest BCUT2D eigenvalue weighted by Crippen LogP contribution is -2.56. The molecule has 2 unspecified atom stereocenters. The summed E-state index contributed by atoms with van der Waals surface area (Å²) in [6, 6.07) is 5.63. The van der Waals surface area contributed by atoms with Crippen molar-refractivity contribution in [1.82, 2.24) is 9.80 Å². The Morgan fingerprint density at radius 2 is 2.14 bits per heavy atom. The summed E-state index contributed by atoms with van der Waals surface area (Å²) in [4.78, 5) is 5.04. The molecule has 0 aliphatic carbocycles. The number of hydrogen-bond donors (Lipinski definition) is 1. The highest BCUT2D eigenvalue weighted by Crippen LogP contribution is 2.31. The maximum atomic E-state index is 13.6. The Hall–Kier alpha value is -0.490. The molecule has 116 valence electrons. The molecule has 2 N–H and O–H groups in total. The number of hydrogen-bond acceptors (Lipinski definition) is 3. The third kappa shape index (κ3) is 3.31. The zero-order valence-electron chi connectivity index (χ0n) is 12.3. The largest absolute Gasteiger partial charge is 0.329 e. The first-order valence-electron chi connectivity index (χ1n) is 7.82. The van der Waals surface area contributed by atoms with E-state index in [0.29, 0.717) is 12.6 Å². The molecule has 2 heterocycles.